The fourth-order valence-corrected chi connectivity index (χ4v) is 0.829. The van der Waals surface area contributed by atoms with Crippen molar-refractivity contribution in [2.24, 2.45) is 5.73 Å². The molecule has 1 aromatic carbocycles. The molecule has 0 heterocycles. The van der Waals surface area contributed by atoms with E-state index in [0.29, 0.717) is 5.56 Å². The van der Waals surface area contributed by atoms with Crippen molar-refractivity contribution < 1.29 is 8.78 Å². The number of nitrogens with two attached hydrogens (primary N) is 1. The molecule has 1 rings (SSSR count). The van der Waals surface area contributed by atoms with E-state index in [1.54, 1.807) is 6.07 Å². The van der Waals surface area contributed by atoms with Crippen LogP contribution in [0.2, 0.25) is 0 Å². The molecule has 0 aliphatic heterocycles. The van der Waals surface area contributed by atoms with Gasteiger partial charge in [-0.25, -0.2) is 8.78 Å². The van der Waals surface area contributed by atoms with Crippen LogP contribution in [0.3, 0.4) is 0 Å². The SMILES string of the molecule is N#C/C=C(/N)c1ccc(F)c(F)c1. The topological polar surface area (TPSA) is 49.8 Å². The molecule has 0 saturated carbocycles. The lowest BCUT2D eigenvalue weighted by molar-refractivity contribution is 0.508. The van der Waals surface area contributed by atoms with Gasteiger partial charge in [0.2, 0.25) is 0 Å². The number of halogens is 2. The molecule has 13 heavy (non-hydrogen) atoms. The predicted octanol–water partition coefficient (Wildman–Crippen LogP) is 1.79. The Kier molecular flexibility index (Phi) is 2.60. The van der Waals surface area contributed by atoms with Gasteiger partial charge >= 0.3 is 0 Å². The lowest BCUT2D eigenvalue weighted by atomic mass is 10.1. The van der Waals surface area contributed by atoms with Gasteiger partial charge in [0.05, 0.1) is 6.07 Å². The fourth-order valence-electron chi connectivity index (χ4n) is 0.829. The molecule has 0 amide bonds. The third-order valence-corrected chi connectivity index (χ3v) is 1.47. The molecule has 0 bridgehead atoms. The molecule has 0 spiro atoms. The van der Waals surface area contributed by atoms with Crippen molar-refractivity contribution in [3.8, 4) is 6.07 Å². The molecule has 0 aliphatic rings. The molecular formula is C9H6F2N2. The number of benzene rings is 1. The molecule has 0 aliphatic carbocycles. The summed E-state index contributed by atoms with van der Waals surface area (Å²) in [7, 11) is 0. The second-order valence-corrected chi connectivity index (χ2v) is 2.36. The van der Waals surface area contributed by atoms with Crippen LogP contribution >= 0.6 is 0 Å². The van der Waals surface area contributed by atoms with E-state index in [1.165, 1.54) is 6.07 Å². The third-order valence-electron chi connectivity index (χ3n) is 1.47. The maximum Gasteiger partial charge on any atom is 0.159 e. The van der Waals surface area contributed by atoms with Crippen molar-refractivity contribution in [1.29, 1.82) is 5.26 Å². The minimum absolute atomic E-state index is 0.112. The van der Waals surface area contributed by atoms with Crippen LogP contribution in [0, 0.1) is 23.0 Å². The van der Waals surface area contributed by atoms with Crippen molar-refractivity contribution in [3.63, 3.8) is 0 Å². The number of hydrogen-bond acceptors (Lipinski definition) is 2. The number of hydrogen-bond donors (Lipinski definition) is 1. The van der Waals surface area contributed by atoms with E-state index in [9.17, 15) is 8.78 Å². The van der Waals surface area contributed by atoms with Gasteiger partial charge < -0.3 is 5.73 Å². The first kappa shape index (κ1) is 9.20. The van der Waals surface area contributed by atoms with E-state index in [2.05, 4.69) is 0 Å². The number of nitrogens with zero attached hydrogens (tertiary/aromatic N) is 1. The Hall–Kier alpha value is -1.89. The first-order valence-electron chi connectivity index (χ1n) is 3.46. The molecule has 2 nitrogen and oxygen atoms in total. The molecule has 0 unspecified atom stereocenters. The first-order chi connectivity index (χ1) is 6.15. The average Bonchev–Trinajstić information content (AvgIpc) is 2.10. The summed E-state index contributed by atoms with van der Waals surface area (Å²) in [4.78, 5) is 0. The van der Waals surface area contributed by atoms with Gasteiger partial charge in [-0.2, -0.15) is 5.26 Å². The standard InChI is InChI=1S/C9H6F2N2/c10-7-2-1-6(5-8(7)11)9(13)3-4-12/h1-3,5H,13H2/b9-3+. The smallest absolute Gasteiger partial charge is 0.159 e. The third kappa shape index (κ3) is 2.03. The normalized spacial score (nSPS) is 11.0. The number of allylic oxidation sites excluding steroid dienone is 1. The van der Waals surface area contributed by atoms with E-state index in [0.717, 1.165) is 18.2 Å². The Bertz CT molecular complexity index is 391. The van der Waals surface area contributed by atoms with Gasteiger partial charge in [-0.05, 0) is 18.2 Å². The van der Waals surface area contributed by atoms with Crippen LogP contribution in [0.1, 0.15) is 5.56 Å². The predicted molar refractivity (Wildman–Crippen MR) is 44.1 cm³/mol. The summed E-state index contributed by atoms with van der Waals surface area (Å²) in [5.41, 5.74) is 5.78. The number of rotatable bonds is 1. The van der Waals surface area contributed by atoms with Crippen LogP contribution in [0.4, 0.5) is 8.78 Å². The molecule has 2 N–H and O–H groups in total. The van der Waals surface area contributed by atoms with Crippen LogP contribution < -0.4 is 5.73 Å². The van der Waals surface area contributed by atoms with Crippen molar-refractivity contribution in [2.45, 2.75) is 0 Å². The van der Waals surface area contributed by atoms with Crippen molar-refractivity contribution >= 4 is 5.70 Å². The monoisotopic (exact) mass is 180 g/mol. The van der Waals surface area contributed by atoms with Gasteiger partial charge in [0.1, 0.15) is 0 Å². The van der Waals surface area contributed by atoms with Crippen LogP contribution in [0.15, 0.2) is 24.3 Å². The zero-order valence-electron chi connectivity index (χ0n) is 6.59. The highest BCUT2D eigenvalue weighted by molar-refractivity contribution is 5.64. The zero-order chi connectivity index (χ0) is 9.84. The van der Waals surface area contributed by atoms with Crippen LogP contribution in [-0.2, 0) is 0 Å². The zero-order valence-corrected chi connectivity index (χ0v) is 6.59. The van der Waals surface area contributed by atoms with Crippen LogP contribution in [-0.4, -0.2) is 0 Å². The summed E-state index contributed by atoms with van der Waals surface area (Å²) >= 11 is 0. The van der Waals surface area contributed by atoms with Gasteiger partial charge in [-0.1, -0.05) is 0 Å². The quantitative estimate of drug-likeness (QED) is 0.670. The lowest BCUT2D eigenvalue weighted by Crippen LogP contribution is -1.97. The Morgan fingerprint density at radius 3 is 2.62 bits per heavy atom. The summed E-state index contributed by atoms with van der Waals surface area (Å²) in [6.45, 7) is 0. The van der Waals surface area contributed by atoms with Crippen LogP contribution in [0.25, 0.3) is 5.70 Å². The molecule has 66 valence electrons. The van der Waals surface area contributed by atoms with Crippen molar-refractivity contribution in [2.75, 3.05) is 0 Å². The van der Waals surface area contributed by atoms with Gasteiger partial charge in [0.15, 0.2) is 11.6 Å². The number of nitriles is 1. The Morgan fingerprint density at radius 1 is 1.38 bits per heavy atom. The molecule has 0 aromatic heterocycles. The van der Waals surface area contributed by atoms with E-state index in [1.807, 2.05) is 0 Å². The molecule has 0 atom stereocenters. The minimum Gasteiger partial charge on any atom is -0.398 e. The minimum atomic E-state index is -0.980. The Labute approximate surface area is 73.9 Å². The summed E-state index contributed by atoms with van der Waals surface area (Å²) in [6.07, 6.45) is 1.06. The summed E-state index contributed by atoms with van der Waals surface area (Å²) in [6, 6.07) is 4.91. The highest BCUT2D eigenvalue weighted by atomic mass is 19.2. The molecular weight excluding hydrogens is 174 g/mol. The largest absolute Gasteiger partial charge is 0.398 e. The molecule has 0 radical (unpaired) electrons. The van der Waals surface area contributed by atoms with E-state index in [-0.39, 0.29) is 5.70 Å². The summed E-state index contributed by atoms with van der Waals surface area (Å²) in [5.74, 6) is -1.92. The lowest BCUT2D eigenvalue weighted by Gasteiger charge is -1.99. The summed E-state index contributed by atoms with van der Waals surface area (Å²) in [5, 5.41) is 8.25. The van der Waals surface area contributed by atoms with Crippen LogP contribution in [0.5, 0.6) is 0 Å². The Morgan fingerprint density at radius 2 is 2.08 bits per heavy atom. The first-order valence-corrected chi connectivity index (χ1v) is 3.46. The molecule has 0 fully saturated rings. The fraction of sp³-hybridized carbons (Fsp3) is 0. The van der Waals surface area contributed by atoms with Crippen molar-refractivity contribution in [3.05, 3.63) is 41.5 Å². The molecule has 0 saturated heterocycles. The maximum absolute atomic E-state index is 12.6. The van der Waals surface area contributed by atoms with Crippen molar-refractivity contribution in [1.82, 2.24) is 0 Å². The second-order valence-electron chi connectivity index (χ2n) is 2.36. The molecule has 1 aromatic rings. The average molecular weight is 180 g/mol. The summed E-state index contributed by atoms with van der Waals surface area (Å²) < 4.78 is 25.1. The van der Waals surface area contributed by atoms with Gasteiger partial charge in [-0.15, -0.1) is 0 Å². The van der Waals surface area contributed by atoms with E-state index in [4.69, 9.17) is 11.0 Å². The Balaban J connectivity index is 3.13. The maximum atomic E-state index is 12.6. The molecule has 4 heteroatoms. The van der Waals surface area contributed by atoms with Gasteiger partial charge in [0, 0.05) is 17.3 Å². The highest BCUT2D eigenvalue weighted by Gasteiger charge is 2.03. The van der Waals surface area contributed by atoms with Gasteiger partial charge in [-0.3, -0.25) is 0 Å². The van der Waals surface area contributed by atoms with E-state index >= 15 is 0 Å². The second kappa shape index (κ2) is 3.68. The highest BCUT2D eigenvalue weighted by Crippen LogP contribution is 2.13. The van der Waals surface area contributed by atoms with E-state index < -0.39 is 11.6 Å². The van der Waals surface area contributed by atoms with Gasteiger partial charge in [0.25, 0.3) is 0 Å².